The zero-order valence-electron chi connectivity index (χ0n) is 13.3. The highest BCUT2D eigenvalue weighted by atomic mass is 32.2. The van der Waals surface area contributed by atoms with Gasteiger partial charge < -0.3 is 11.1 Å². The molecule has 9 heteroatoms. The highest BCUT2D eigenvalue weighted by Crippen LogP contribution is 2.26. The van der Waals surface area contributed by atoms with Crippen LogP contribution in [-0.4, -0.2) is 44.3 Å². The molecule has 1 aromatic rings. The lowest BCUT2D eigenvalue weighted by molar-refractivity contribution is -0.126. The van der Waals surface area contributed by atoms with Gasteiger partial charge in [-0.1, -0.05) is 0 Å². The quantitative estimate of drug-likeness (QED) is 0.812. The molecule has 3 N–H and O–H groups in total. The fourth-order valence-electron chi connectivity index (χ4n) is 2.59. The van der Waals surface area contributed by atoms with E-state index in [0.717, 1.165) is 16.4 Å². The van der Waals surface area contributed by atoms with Crippen molar-refractivity contribution in [1.29, 1.82) is 0 Å². The Kier molecular flexibility index (Phi) is 5.89. The van der Waals surface area contributed by atoms with Crippen molar-refractivity contribution in [2.75, 3.05) is 19.6 Å². The summed E-state index contributed by atoms with van der Waals surface area (Å²) in [5.74, 6) is -2.29. The second-order valence-electron chi connectivity index (χ2n) is 5.90. The van der Waals surface area contributed by atoms with Crippen molar-refractivity contribution in [2.45, 2.75) is 30.7 Å². The Morgan fingerprint density at radius 1 is 1.38 bits per heavy atom. The van der Waals surface area contributed by atoms with Crippen LogP contribution in [0.2, 0.25) is 0 Å². The molecular weight excluding hydrogens is 340 g/mol. The van der Waals surface area contributed by atoms with E-state index in [1.54, 1.807) is 6.92 Å². The van der Waals surface area contributed by atoms with Crippen LogP contribution in [0.1, 0.15) is 19.8 Å². The molecule has 0 aliphatic carbocycles. The summed E-state index contributed by atoms with van der Waals surface area (Å²) in [5, 5.41) is 2.76. The van der Waals surface area contributed by atoms with Gasteiger partial charge in [-0.2, -0.15) is 4.31 Å². The number of nitrogens with two attached hydrogens (primary N) is 1. The molecule has 1 atom stereocenters. The van der Waals surface area contributed by atoms with Gasteiger partial charge in [-0.25, -0.2) is 17.2 Å². The van der Waals surface area contributed by atoms with Gasteiger partial charge in [0.2, 0.25) is 15.9 Å². The van der Waals surface area contributed by atoms with Crippen LogP contribution in [0.3, 0.4) is 0 Å². The number of nitrogens with zero attached hydrogens (tertiary/aromatic N) is 1. The van der Waals surface area contributed by atoms with E-state index in [-0.39, 0.29) is 31.0 Å². The summed E-state index contributed by atoms with van der Waals surface area (Å²) in [6, 6.07) is 2.17. The Morgan fingerprint density at radius 3 is 2.58 bits per heavy atom. The normalized spacial score (nSPS) is 18.3. The Morgan fingerprint density at radius 2 is 2.00 bits per heavy atom. The van der Waals surface area contributed by atoms with Crippen molar-refractivity contribution in [3.8, 4) is 0 Å². The number of piperidine rings is 1. The van der Waals surface area contributed by atoms with Crippen LogP contribution in [0, 0.1) is 17.6 Å². The molecule has 1 heterocycles. The predicted octanol–water partition coefficient (Wildman–Crippen LogP) is 0.829. The number of amides is 1. The smallest absolute Gasteiger partial charge is 0.246 e. The van der Waals surface area contributed by atoms with Crippen molar-refractivity contribution < 1.29 is 22.0 Å². The maximum Gasteiger partial charge on any atom is 0.246 e. The standard InChI is InChI=1S/C15H21F2N3O3S/c1-10(9-18)19-15(21)11-4-6-20(7-5-11)24(22,23)14-8-12(16)2-3-13(14)17/h2-3,8,10-11H,4-7,9,18H2,1H3,(H,19,21)/t10-/m0/s1. The molecule has 2 rings (SSSR count). The highest BCUT2D eigenvalue weighted by molar-refractivity contribution is 7.89. The Bertz CT molecular complexity index is 704. The molecule has 1 aliphatic rings. The van der Waals surface area contributed by atoms with Gasteiger partial charge in [-0.05, 0) is 38.0 Å². The van der Waals surface area contributed by atoms with Gasteiger partial charge in [0.05, 0.1) is 0 Å². The number of benzene rings is 1. The number of carbonyl (C=O) groups excluding carboxylic acids is 1. The van der Waals surface area contributed by atoms with Gasteiger partial charge in [0, 0.05) is 31.6 Å². The van der Waals surface area contributed by atoms with Crippen LogP contribution in [0.15, 0.2) is 23.1 Å². The number of sulfonamides is 1. The average molecular weight is 361 g/mol. The Labute approximate surface area is 140 Å². The molecule has 0 bridgehead atoms. The lowest BCUT2D eigenvalue weighted by Crippen LogP contribution is -2.46. The second kappa shape index (κ2) is 7.54. The number of halogens is 2. The molecule has 0 unspecified atom stereocenters. The maximum atomic E-state index is 13.8. The molecule has 134 valence electrons. The van der Waals surface area contributed by atoms with Crippen molar-refractivity contribution in [1.82, 2.24) is 9.62 Å². The van der Waals surface area contributed by atoms with E-state index < -0.39 is 26.6 Å². The minimum atomic E-state index is -4.13. The first-order valence-corrected chi connectivity index (χ1v) is 9.15. The van der Waals surface area contributed by atoms with Crippen molar-refractivity contribution in [2.24, 2.45) is 11.7 Å². The molecule has 0 spiro atoms. The van der Waals surface area contributed by atoms with Crippen LogP contribution in [0.5, 0.6) is 0 Å². The van der Waals surface area contributed by atoms with Gasteiger partial charge >= 0.3 is 0 Å². The average Bonchev–Trinajstić information content (AvgIpc) is 2.56. The number of rotatable bonds is 5. The molecule has 24 heavy (non-hydrogen) atoms. The lowest BCUT2D eigenvalue weighted by atomic mass is 9.97. The van der Waals surface area contributed by atoms with E-state index >= 15 is 0 Å². The van der Waals surface area contributed by atoms with Crippen molar-refractivity contribution >= 4 is 15.9 Å². The summed E-state index contributed by atoms with van der Waals surface area (Å²) < 4.78 is 53.0. The molecule has 0 saturated carbocycles. The third-order valence-corrected chi connectivity index (χ3v) is 5.99. The SMILES string of the molecule is C[C@@H](CN)NC(=O)C1CCN(S(=O)(=O)c2cc(F)ccc2F)CC1. The number of carbonyl (C=O) groups is 1. The molecule has 1 aromatic carbocycles. The third kappa shape index (κ3) is 4.08. The predicted molar refractivity (Wildman–Crippen MR) is 84.5 cm³/mol. The van der Waals surface area contributed by atoms with Crippen LogP contribution < -0.4 is 11.1 Å². The fourth-order valence-corrected chi connectivity index (χ4v) is 4.14. The molecule has 6 nitrogen and oxygen atoms in total. The summed E-state index contributed by atoms with van der Waals surface area (Å²) >= 11 is 0. The highest BCUT2D eigenvalue weighted by Gasteiger charge is 2.33. The molecule has 0 radical (unpaired) electrons. The topological polar surface area (TPSA) is 92.5 Å². The summed E-state index contributed by atoms with van der Waals surface area (Å²) in [5.41, 5.74) is 5.45. The van der Waals surface area contributed by atoms with E-state index in [2.05, 4.69) is 5.32 Å². The van der Waals surface area contributed by atoms with E-state index in [9.17, 15) is 22.0 Å². The first-order chi connectivity index (χ1) is 11.3. The first-order valence-electron chi connectivity index (χ1n) is 7.71. The van der Waals surface area contributed by atoms with Crippen LogP contribution in [0.4, 0.5) is 8.78 Å². The first kappa shape index (κ1) is 18.8. The van der Waals surface area contributed by atoms with Gasteiger partial charge in [-0.3, -0.25) is 4.79 Å². The molecular formula is C15H21F2N3O3S. The van der Waals surface area contributed by atoms with E-state index in [1.165, 1.54) is 0 Å². The van der Waals surface area contributed by atoms with Gasteiger partial charge in [0.15, 0.2) is 0 Å². The maximum absolute atomic E-state index is 13.8. The minimum Gasteiger partial charge on any atom is -0.352 e. The number of nitrogens with one attached hydrogen (secondary N) is 1. The third-order valence-electron chi connectivity index (χ3n) is 4.08. The summed E-state index contributed by atoms with van der Waals surface area (Å²) in [4.78, 5) is 11.4. The fraction of sp³-hybridized carbons (Fsp3) is 0.533. The minimum absolute atomic E-state index is 0.0768. The lowest BCUT2D eigenvalue weighted by Gasteiger charge is -2.31. The van der Waals surface area contributed by atoms with Gasteiger partial charge in [0.25, 0.3) is 0 Å². The number of hydrogen-bond donors (Lipinski definition) is 2. The summed E-state index contributed by atoms with van der Waals surface area (Å²) in [7, 11) is -4.13. The Hall–Kier alpha value is -1.58. The molecule has 1 saturated heterocycles. The molecule has 0 aromatic heterocycles. The van der Waals surface area contributed by atoms with Crippen LogP contribution in [0.25, 0.3) is 0 Å². The van der Waals surface area contributed by atoms with E-state index in [4.69, 9.17) is 5.73 Å². The number of hydrogen-bond acceptors (Lipinski definition) is 4. The van der Waals surface area contributed by atoms with Gasteiger partial charge in [-0.15, -0.1) is 0 Å². The van der Waals surface area contributed by atoms with E-state index in [1.807, 2.05) is 0 Å². The Balaban J connectivity index is 2.06. The molecule has 1 fully saturated rings. The van der Waals surface area contributed by atoms with Crippen LogP contribution >= 0.6 is 0 Å². The zero-order valence-corrected chi connectivity index (χ0v) is 14.2. The molecule has 1 aliphatic heterocycles. The van der Waals surface area contributed by atoms with Crippen molar-refractivity contribution in [3.05, 3.63) is 29.8 Å². The zero-order chi connectivity index (χ0) is 17.9. The second-order valence-corrected chi connectivity index (χ2v) is 7.80. The summed E-state index contributed by atoms with van der Waals surface area (Å²) in [6.07, 6.45) is 0.637. The monoisotopic (exact) mass is 361 g/mol. The van der Waals surface area contributed by atoms with E-state index in [0.29, 0.717) is 25.5 Å². The molecule has 1 amide bonds. The van der Waals surface area contributed by atoms with Crippen LogP contribution in [-0.2, 0) is 14.8 Å². The largest absolute Gasteiger partial charge is 0.352 e. The summed E-state index contributed by atoms with van der Waals surface area (Å²) in [6.45, 7) is 2.25. The van der Waals surface area contributed by atoms with Crippen molar-refractivity contribution in [3.63, 3.8) is 0 Å². The van der Waals surface area contributed by atoms with Gasteiger partial charge in [0.1, 0.15) is 16.5 Å².